The second-order valence-corrected chi connectivity index (χ2v) is 7.52. The Morgan fingerprint density at radius 2 is 1.23 bits per heavy atom. The Bertz CT molecular complexity index is 1700. The molecule has 7 aromatic rings. The van der Waals surface area contributed by atoms with Crippen molar-refractivity contribution in [1.82, 2.24) is 14.5 Å². The molecule has 0 N–H and O–H groups in total. The van der Waals surface area contributed by atoms with E-state index >= 15 is 0 Å². The molecule has 4 aromatic carbocycles. The van der Waals surface area contributed by atoms with Gasteiger partial charge in [-0.25, -0.2) is 9.97 Å². The van der Waals surface area contributed by atoms with Gasteiger partial charge < -0.3 is 8.98 Å². The van der Waals surface area contributed by atoms with Gasteiger partial charge in [0.25, 0.3) is 0 Å². The summed E-state index contributed by atoms with van der Waals surface area (Å²) < 4.78 is 8.33. The molecule has 0 spiro atoms. The van der Waals surface area contributed by atoms with Crippen LogP contribution < -0.4 is 0 Å². The molecule has 0 unspecified atom stereocenters. The van der Waals surface area contributed by atoms with Gasteiger partial charge in [0, 0.05) is 16.5 Å². The molecule has 0 aliphatic carbocycles. The second kappa shape index (κ2) is 5.67. The quantitative estimate of drug-likeness (QED) is 0.319. The van der Waals surface area contributed by atoms with Gasteiger partial charge in [-0.3, -0.25) is 0 Å². The average Bonchev–Trinajstić information content (AvgIpc) is 3.32. The van der Waals surface area contributed by atoms with Crippen LogP contribution in [0.25, 0.3) is 60.7 Å². The SMILES string of the molecule is c1ccc2nc3c(nc2c1)oc1ccc(-n2c4ccccc4c4ccccc42)cc13. The maximum atomic E-state index is 6.02. The lowest BCUT2D eigenvalue weighted by Crippen LogP contribution is -1.93. The molecule has 0 aliphatic heterocycles. The molecule has 140 valence electrons. The third-order valence-electron chi connectivity index (χ3n) is 5.80. The zero-order chi connectivity index (χ0) is 19.7. The van der Waals surface area contributed by atoms with E-state index in [0.29, 0.717) is 5.71 Å². The molecule has 0 atom stereocenters. The standard InChI is InChI=1S/C26H15N3O/c1-5-11-22-17(7-1)18-8-2-6-12-23(18)29(22)16-13-14-24-19(15-16)25-26(30-24)28-21-10-4-3-9-20(21)27-25/h1-15H. The van der Waals surface area contributed by atoms with Crippen molar-refractivity contribution < 1.29 is 4.42 Å². The first-order chi connectivity index (χ1) is 14.9. The lowest BCUT2D eigenvalue weighted by atomic mass is 10.2. The van der Waals surface area contributed by atoms with Gasteiger partial charge in [-0.1, -0.05) is 48.5 Å². The molecule has 0 saturated heterocycles. The Hall–Kier alpha value is -4.18. The fraction of sp³-hybridized carbons (Fsp3) is 0. The van der Waals surface area contributed by atoms with Crippen LogP contribution in [0.5, 0.6) is 0 Å². The van der Waals surface area contributed by atoms with Gasteiger partial charge in [-0.2, -0.15) is 0 Å². The van der Waals surface area contributed by atoms with E-state index < -0.39 is 0 Å². The largest absolute Gasteiger partial charge is 0.436 e. The molecule has 0 radical (unpaired) electrons. The number of furan rings is 1. The molecule has 0 saturated carbocycles. The van der Waals surface area contributed by atoms with Crippen LogP contribution >= 0.6 is 0 Å². The number of fused-ring (bicyclic) bond motifs is 7. The zero-order valence-corrected chi connectivity index (χ0v) is 15.9. The number of para-hydroxylation sites is 4. The number of aromatic nitrogens is 3. The molecule has 30 heavy (non-hydrogen) atoms. The number of rotatable bonds is 1. The Morgan fingerprint density at radius 3 is 1.97 bits per heavy atom. The molecule has 0 amide bonds. The molecule has 0 aliphatic rings. The minimum absolute atomic E-state index is 0.572. The van der Waals surface area contributed by atoms with Gasteiger partial charge >= 0.3 is 0 Å². The van der Waals surface area contributed by atoms with Gasteiger partial charge in [0.05, 0.1) is 27.5 Å². The summed E-state index contributed by atoms with van der Waals surface area (Å²) in [7, 11) is 0. The third kappa shape index (κ3) is 2.05. The van der Waals surface area contributed by atoms with Gasteiger partial charge in [0.1, 0.15) is 11.1 Å². The van der Waals surface area contributed by atoms with Crippen LogP contribution in [-0.2, 0) is 0 Å². The smallest absolute Gasteiger partial charge is 0.246 e. The molecular formula is C26H15N3O. The fourth-order valence-corrected chi connectivity index (χ4v) is 4.47. The Balaban J connectivity index is 1.59. The van der Waals surface area contributed by atoms with Crippen molar-refractivity contribution in [3.63, 3.8) is 0 Å². The summed E-state index contributed by atoms with van der Waals surface area (Å²) in [6, 6.07) is 31.2. The lowest BCUT2D eigenvalue weighted by molar-refractivity contribution is 0.655. The van der Waals surface area contributed by atoms with E-state index in [4.69, 9.17) is 9.40 Å². The van der Waals surface area contributed by atoms with Crippen molar-refractivity contribution in [3.05, 3.63) is 91.0 Å². The molecule has 3 heterocycles. The minimum atomic E-state index is 0.572. The molecule has 0 fully saturated rings. The Labute approximate surface area is 171 Å². The predicted molar refractivity (Wildman–Crippen MR) is 121 cm³/mol. The second-order valence-electron chi connectivity index (χ2n) is 7.52. The molecular weight excluding hydrogens is 370 g/mol. The highest BCUT2D eigenvalue weighted by molar-refractivity contribution is 6.10. The van der Waals surface area contributed by atoms with Gasteiger partial charge in [0.15, 0.2) is 0 Å². The van der Waals surface area contributed by atoms with Crippen LogP contribution in [0.1, 0.15) is 0 Å². The summed E-state index contributed by atoms with van der Waals surface area (Å²) in [5.74, 6) is 0. The Morgan fingerprint density at radius 1 is 0.600 bits per heavy atom. The summed E-state index contributed by atoms with van der Waals surface area (Å²) in [4.78, 5) is 9.52. The van der Waals surface area contributed by atoms with Gasteiger partial charge in [-0.05, 0) is 42.5 Å². The monoisotopic (exact) mass is 385 g/mol. The summed E-state index contributed by atoms with van der Waals surface area (Å²) >= 11 is 0. The molecule has 3 aromatic heterocycles. The zero-order valence-electron chi connectivity index (χ0n) is 15.9. The highest BCUT2D eigenvalue weighted by Crippen LogP contribution is 2.34. The maximum absolute atomic E-state index is 6.02. The van der Waals surface area contributed by atoms with Crippen molar-refractivity contribution in [2.45, 2.75) is 0 Å². The molecule has 4 heteroatoms. The molecule has 4 nitrogen and oxygen atoms in total. The predicted octanol–water partition coefficient (Wildman–Crippen LogP) is 6.63. The first kappa shape index (κ1) is 15.7. The number of hydrogen-bond donors (Lipinski definition) is 0. The molecule has 7 rings (SSSR count). The van der Waals surface area contributed by atoms with Crippen molar-refractivity contribution in [1.29, 1.82) is 0 Å². The van der Waals surface area contributed by atoms with Crippen LogP contribution in [0.3, 0.4) is 0 Å². The van der Waals surface area contributed by atoms with E-state index in [9.17, 15) is 0 Å². The van der Waals surface area contributed by atoms with Crippen LogP contribution in [0.15, 0.2) is 95.4 Å². The maximum Gasteiger partial charge on any atom is 0.246 e. The fourth-order valence-electron chi connectivity index (χ4n) is 4.47. The van der Waals surface area contributed by atoms with E-state index in [0.717, 1.165) is 33.2 Å². The first-order valence-electron chi connectivity index (χ1n) is 9.94. The van der Waals surface area contributed by atoms with E-state index in [1.54, 1.807) is 0 Å². The van der Waals surface area contributed by atoms with Gasteiger partial charge in [0.2, 0.25) is 5.71 Å². The van der Waals surface area contributed by atoms with Gasteiger partial charge in [-0.15, -0.1) is 0 Å². The van der Waals surface area contributed by atoms with Crippen LogP contribution in [-0.4, -0.2) is 14.5 Å². The minimum Gasteiger partial charge on any atom is -0.436 e. The topological polar surface area (TPSA) is 43.9 Å². The van der Waals surface area contributed by atoms with Crippen molar-refractivity contribution in [3.8, 4) is 5.69 Å². The van der Waals surface area contributed by atoms with Crippen LogP contribution in [0, 0.1) is 0 Å². The van der Waals surface area contributed by atoms with E-state index in [2.05, 4.69) is 70.2 Å². The number of nitrogens with zero attached hydrogens (tertiary/aromatic N) is 3. The summed E-state index contributed by atoms with van der Waals surface area (Å²) in [5.41, 5.74) is 7.32. The lowest BCUT2D eigenvalue weighted by Gasteiger charge is -2.07. The number of hydrogen-bond acceptors (Lipinski definition) is 3. The number of benzene rings is 4. The van der Waals surface area contributed by atoms with Crippen molar-refractivity contribution >= 4 is 55.0 Å². The first-order valence-corrected chi connectivity index (χ1v) is 9.94. The van der Waals surface area contributed by atoms with Crippen LogP contribution in [0.4, 0.5) is 0 Å². The van der Waals surface area contributed by atoms with E-state index in [-0.39, 0.29) is 0 Å². The highest BCUT2D eigenvalue weighted by atomic mass is 16.3. The summed E-state index contributed by atoms with van der Waals surface area (Å²) in [6.07, 6.45) is 0. The van der Waals surface area contributed by atoms with Crippen molar-refractivity contribution in [2.24, 2.45) is 0 Å². The summed E-state index contributed by atoms with van der Waals surface area (Å²) in [5, 5.41) is 3.47. The normalized spacial score (nSPS) is 12.0. The van der Waals surface area contributed by atoms with Crippen LogP contribution in [0.2, 0.25) is 0 Å². The summed E-state index contributed by atoms with van der Waals surface area (Å²) in [6.45, 7) is 0. The molecule has 0 bridgehead atoms. The van der Waals surface area contributed by atoms with E-state index in [1.165, 1.54) is 21.8 Å². The Kier molecular flexibility index (Phi) is 2.97. The third-order valence-corrected chi connectivity index (χ3v) is 5.80. The van der Waals surface area contributed by atoms with Crippen molar-refractivity contribution in [2.75, 3.05) is 0 Å². The average molecular weight is 385 g/mol. The highest BCUT2D eigenvalue weighted by Gasteiger charge is 2.15. The van der Waals surface area contributed by atoms with E-state index in [1.807, 2.05) is 30.3 Å².